The van der Waals surface area contributed by atoms with Crippen LogP contribution in [0.1, 0.15) is 23.7 Å². The van der Waals surface area contributed by atoms with E-state index >= 15 is 0 Å². The van der Waals surface area contributed by atoms with E-state index in [9.17, 15) is 4.79 Å². The van der Waals surface area contributed by atoms with Crippen molar-refractivity contribution in [2.24, 2.45) is 0 Å². The lowest BCUT2D eigenvalue weighted by molar-refractivity contribution is -0.129. The number of thioether (sulfide) groups is 1. The number of rotatable bonds is 5. The smallest absolute Gasteiger partial charge is 0.240 e. The quantitative estimate of drug-likeness (QED) is 0.692. The number of likely N-dealkylation sites (tertiary alicyclic amines) is 1. The van der Waals surface area contributed by atoms with Crippen LogP contribution in [0.4, 0.5) is 0 Å². The summed E-state index contributed by atoms with van der Waals surface area (Å²) in [7, 11) is 1.65. The SMILES string of the molecule is COc1ccc2nc(S[C@@H](C(=O)N3CCCC3)c3ccccc3)[nH]c2c1. The van der Waals surface area contributed by atoms with Crippen molar-refractivity contribution in [3.8, 4) is 5.75 Å². The minimum absolute atomic E-state index is 0.164. The van der Waals surface area contributed by atoms with Crippen LogP contribution in [-0.4, -0.2) is 41.0 Å². The minimum Gasteiger partial charge on any atom is -0.497 e. The Bertz CT molecular complexity index is 904. The van der Waals surface area contributed by atoms with E-state index in [1.807, 2.05) is 53.4 Å². The van der Waals surface area contributed by atoms with Gasteiger partial charge < -0.3 is 14.6 Å². The number of aromatic nitrogens is 2. The largest absolute Gasteiger partial charge is 0.497 e. The van der Waals surface area contributed by atoms with E-state index < -0.39 is 0 Å². The third-order valence-electron chi connectivity index (χ3n) is 4.64. The van der Waals surface area contributed by atoms with Crippen molar-refractivity contribution < 1.29 is 9.53 Å². The first-order valence-electron chi connectivity index (χ1n) is 8.79. The normalized spacial score (nSPS) is 15.3. The van der Waals surface area contributed by atoms with Crippen LogP contribution >= 0.6 is 11.8 Å². The van der Waals surface area contributed by atoms with Crippen molar-refractivity contribution in [3.05, 3.63) is 54.1 Å². The second kappa shape index (κ2) is 7.41. The number of imidazole rings is 1. The van der Waals surface area contributed by atoms with Crippen LogP contribution in [0.5, 0.6) is 5.75 Å². The number of hydrogen-bond donors (Lipinski definition) is 1. The molecular formula is C20H21N3O2S. The first kappa shape index (κ1) is 17.0. The molecule has 0 saturated carbocycles. The van der Waals surface area contributed by atoms with E-state index in [0.29, 0.717) is 0 Å². The van der Waals surface area contributed by atoms with Gasteiger partial charge in [0.25, 0.3) is 0 Å². The van der Waals surface area contributed by atoms with Crippen molar-refractivity contribution >= 4 is 28.7 Å². The predicted molar refractivity (Wildman–Crippen MR) is 103 cm³/mol. The van der Waals surface area contributed by atoms with Crippen molar-refractivity contribution in [1.29, 1.82) is 0 Å². The summed E-state index contributed by atoms with van der Waals surface area (Å²) in [4.78, 5) is 23.0. The molecule has 0 radical (unpaired) electrons. The number of nitrogens with zero attached hydrogens (tertiary/aromatic N) is 2. The number of nitrogens with one attached hydrogen (secondary N) is 1. The standard InChI is InChI=1S/C20H21N3O2S/c1-25-15-9-10-16-17(13-15)22-20(21-16)26-18(14-7-3-2-4-8-14)19(24)23-11-5-6-12-23/h2-4,7-10,13,18H,5-6,11-12H2,1H3,(H,21,22)/t18-/m1/s1. The molecular weight excluding hydrogens is 346 g/mol. The number of ether oxygens (including phenoxy) is 1. The van der Waals surface area contributed by atoms with Crippen LogP contribution in [0, 0.1) is 0 Å². The highest BCUT2D eigenvalue weighted by atomic mass is 32.2. The fourth-order valence-electron chi connectivity index (χ4n) is 3.25. The third kappa shape index (κ3) is 3.42. The Labute approximate surface area is 156 Å². The van der Waals surface area contributed by atoms with Crippen molar-refractivity contribution in [2.75, 3.05) is 20.2 Å². The molecule has 26 heavy (non-hydrogen) atoms. The summed E-state index contributed by atoms with van der Waals surface area (Å²) in [5, 5.41) is 0.450. The van der Waals surface area contributed by atoms with Gasteiger partial charge in [0.05, 0.1) is 18.1 Å². The molecule has 1 saturated heterocycles. The fraction of sp³-hybridized carbons (Fsp3) is 0.300. The molecule has 0 unspecified atom stereocenters. The summed E-state index contributed by atoms with van der Waals surface area (Å²) >= 11 is 1.48. The summed E-state index contributed by atoms with van der Waals surface area (Å²) in [6.45, 7) is 1.69. The van der Waals surface area contributed by atoms with Gasteiger partial charge in [-0.05, 0) is 30.5 Å². The molecule has 1 atom stereocenters. The minimum atomic E-state index is -0.295. The number of carbonyl (C=O) groups excluding carboxylic acids is 1. The third-order valence-corrected chi connectivity index (χ3v) is 5.77. The highest BCUT2D eigenvalue weighted by Crippen LogP contribution is 2.37. The van der Waals surface area contributed by atoms with Crippen LogP contribution < -0.4 is 4.74 Å². The Morgan fingerprint density at radius 2 is 1.96 bits per heavy atom. The number of benzene rings is 2. The molecule has 3 aromatic rings. The van der Waals surface area contributed by atoms with Gasteiger partial charge in [-0.25, -0.2) is 4.98 Å². The second-order valence-corrected chi connectivity index (χ2v) is 7.46. The molecule has 4 rings (SSSR count). The maximum atomic E-state index is 13.1. The molecule has 134 valence electrons. The van der Waals surface area contributed by atoms with Crippen LogP contribution in [-0.2, 0) is 4.79 Å². The Hall–Kier alpha value is -2.47. The topological polar surface area (TPSA) is 58.2 Å². The van der Waals surface area contributed by atoms with Crippen molar-refractivity contribution in [2.45, 2.75) is 23.2 Å². The lowest BCUT2D eigenvalue weighted by atomic mass is 10.1. The van der Waals surface area contributed by atoms with Crippen LogP contribution in [0.2, 0.25) is 0 Å². The fourth-order valence-corrected chi connectivity index (χ4v) is 4.34. The summed E-state index contributed by atoms with van der Waals surface area (Å²) < 4.78 is 5.27. The van der Waals surface area contributed by atoms with Gasteiger partial charge in [-0.2, -0.15) is 0 Å². The highest BCUT2D eigenvalue weighted by Gasteiger charge is 2.29. The molecule has 6 heteroatoms. The molecule has 1 aliphatic heterocycles. The molecule has 1 aliphatic rings. The van der Waals surface area contributed by atoms with Crippen LogP contribution in [0.3, 0.4) is 0 Å². The van der Waals surface area contributed by atoms with E-state index in [0.717, 1.165) is 53.4 Å². The molecule has 0 aliphatic carbocycles. The molecule has 2 heterocycles. The average molecular weight is 367 g/mol. The number of methoxy groups -OCH3 is 1. The summed E-state index contributed by atoms with van der Waals surface area (Å²) in [5.74, 6) is 0.946. The van der Waals surface area contributed by atoms with Gasteiger partial charge in [-0.15, -0.1) is 0 Å². The van der Waals surface area contributed by atoms with Gasteiger partial charge >= 0.3 is 0 Å². The molecule has 1 N–H and O–H groups in total. The summed E-state index contributed by atoms with van der Waals surface area (Å²) in [6, 6.07) is 15.7. The van der Waals surface area contributed by atoms with Crippen LogP contribution in [0.15, 0.2) is 53.7 Å². The zero-order chi connectivity index (χ0) is 17.9. The number of H-pyrrole nitrogens is 1. The summed E-state index contributed by atoms with van der Waals surface area (Å²) in [6.07, 6.45) is 2.17. The number of hydrogen-bond acceptors (Lipinski definition) is 4. The zero-order valence-corrected chi connectivity index (χ0v) is 15.5. The average Bonchev–Trinajstić information content (AvgIpc) is 3.35. The summed E-state index contributed by atoms with van der Waals surface area (Å²) in [5.41, 5.74) is 2.79. The van der Waals surface area contributed by atoms with Gasteiger partial charge in [0.15, 0.2) is 5.16 Å². The highest BCUT2D eigenvalue weighted by molar-refractivity contribution is 8.00. The first-order valence-corrected chi connectivity index (χ1v) is 9.67. The molecule has 0 spiro atoms. The Morgan fingerprint density at radius 3 is 2.69 bits per heavy atom. The Balaban J connectivity index is 1.64. The van der Waals surface area contributed by atoms with Gasteiger partial charge in [-0.3, -0.25) is 4.79 Å². The molecule has 1 amide bonds. The zero-order valence-electron chi connectivity index (χ0n) is 14.6. The number of aromatic amines is 1. The molecule has 0 bridgehead atoms. The molecule has 2 aromatic carbocycles. The lowest BCUT2D eigenvalue weighted by Crippen LogP contribution is -2.31. The van der Waals surface area contributed by atoms with Crippen molar-refractivity contribution in [3.63, 3.8) is 0 Å². The van der Waals surface area contributed by atoms with Crippen molar-refractivity contribution in [1.82, 2.24) is 14.9 Å². The van der Waals surface area contributed by atoms with Gasteiger partial charge in [-0.1, -0.05) is 42.1 Å². The van der Waals surface area contributed by atoms with Gasteiger partial charge in [0.2, 0.25) is 5.91 Å². The maximum Gasteiger partial charge on any atom is 0.240 e. The number of amides is 1. The monoisotopic (exact) mass is 367 g/mol. The number of fused-ring (bicyclic) bond motifs is 1. The van der Waals surface area contributed by atoms with Gasteiger partial charge in [0, 0.05) is 19.2 Å². The Kier molecular flexibility index (Phi) is 4.84. The lowest BCUT2D eigenvalue weighted by Gasteiger charge is -2.22. The molecule has 5 nitrogen and oxygen atoms in total. The van der Waals surface area contributed by atoms with Crippen LogP contribution in [0.25, 0.3) is 11.0 Å². The Morgan fingerprint density at radius 1 is 1.19 bits per heavy atom. The van der Waals surface area contributed by atoms with E-state index in [1.54, 1.807) is 7.11 Å². The second-order valence-electron chi connectivity index (χ2n) is 6.37. The number of carbonyl (C=O) groups is 1. The van der Waals surface area contributed by atoms with E-state index in [-0.39, 0.29) is 11.2 Å². The molecule has 1 fully saturated rings. The van der Waals surface area contributed by atoms with Gasteiger partial charge in [0.1, 0.15) is 11.0 Å². The van der Waals surface area contributed by atoms with E-state index in [2.05, 4.69) is 9.97 Å². The van der Waals surface area contributed by atoms with E-state index in [1.165, 1.54) is 11.8 Å². The predicted octanol–water partition coefficient (Wildman–Crippen LogP) is 4.03. The first-order chi connectivity index (χ1) is 12.7. The molecule has 1 aromatic heterocycles. The maximum absolute atomic E-state index is 13.1. The van der Waals surface area contributed by atoms with E-state index in [4.69, 9.17) is 4.74 Å².